The molecule has 1 saturated heterocycles. The maximum atomic E-state index is 11.5. The van der Waals surface area contributed by atoms with Crippen molar-refractivity contribution in [1.82, 2.24) is 5.43 Å². The van der Waals surface area contributed by atoms with Crippen LogP contribution in [0.1, 0.15) is 18.4 Å². The lowest BCUT2D eigenvalue weighted by atomic mass is 9.95. The molecule has 2 atom stereocenters. The van der Waals surface area contributed by atoms with Gasteiger partial charge in [-0.15, -0.1) is 0 Å². The highest BCUT2D eigenvalue weighted by Gasteiger charge is 2.29. The van der Waals surface area contributed by atoms with Crippen molar-refractivity contribution >= 4 is 21.4 Å². The normalized spacial score (nSPS) is 23.4. The molecule has 0 aliphatic carbocycles. The third-order valence-corrected chi connectivity index (χ3v) is 5.81. The zero-order valence-electron chi connectivity index (χ0n) is 10.7. The highest BCUT2D eigenvalue weighted by Crippen LogP contribution is 2.25. The number of hydrogen-bond acceptors (Lipinski definition) is 4. The summed E-state index contributed by atoms with van der Waals surface area (Å²) in [6, 6.07) is 7.70. The van der Waals surface area contributed by atoms with E-state index in [1.54, 1.807) is 0 Å². The predicted octanol–water partition coefficient (Wildman–Crippen LogP) is 1.54. The molecule has 1 aliphatic heterocycles. The standard InChI is InChI=1S/C13H19ClN2O2S/c14-13-4-2-1-3-11(13)8-12(16-15)7-10-5-6-19(17,18)9-10/h1-4,10,12,16H,5-9,15H2. The van der Waals surface area contributed by atoms with E-state index in [9.17, 15) is 8.42 Å². The number of hydrazine groups is 1. The number of hydrogen-bond donors (Lipinski definition) is 2. The lowest BCUT2D eigenvalue weighted by Gasteiger charge is -2.19. The van der Waals surface area contributed by atoms with Gasteiger partial charge in [0, 0.05) is 11.1 Å². The van der Waals surface area contributed by atoms with E-state index in [4.69, 9.17) is 17.4 Å². The molecule has 4 nitrogen and oxygen atoms in total. The molecule has 0 saturated carbocycles. The molecule has 0 radical (unpaired) electrons. The van der Waals surface area contributed by atoms with Gasteiger partial charge in [0.15, 0.2) is 9.84 Å². The fourth-order valence-electron chi connectivity index (χ4n) is 2.60. The molecule has 1 aliphatic rings. The van der Waals surface area contributed by atoms with Crippen LogP contribution in [0.25, 0.3) is 0 Å². The van der Waals surface area contributed by atoms with Gasteiger partial charge in [0.2, 0.25) is 0 Å². The lowest BCUT2D eigenvalue weighted by Crippen LogP contribution is -2.38. The molecular formula is C13H19ClN2O2S. The van der Waals surface area contributed by atoms with Crippen LogP contribution < -0.4 is 11.3 Å². The van der Waals surface area contributed by atoms with Crippen LogP contribution in [0.5, 0.6) is 0 Å². The maximum Gasteiger partial charge on any atom is 0.150 e. The van der Waals surface area contributed by atoms with E-state index in [2.05, 4.69) is 5.43 Å². The average Bonchev–Trinajstić information content (AvgIpc) is 2.70. The second-order valence-corrected chi connectivity index (χ2v) is 7.80. The van der Waals surface area contributed by atoms with Crippen molar-refractivity contribution in [3.8, 4) is 0 Å². The first-order valence-electron chi connectivity index (χ1n) is 6.40. The topological polar surface area (TPSA) is 72.2 Å². The van der Waals surface area contributed by atoms with E-state index in [0.717, 1.165) is 23.4 Å². The van der Waals surface area contributed by atoms with E-state index in [1.165, 1.54) is 0 Å². The number of nitrogens with one attached hydrogen (secondary N) is 1. The molecule has 0 bridgehead atoms. The Balaban J connectivity index is 1.96. The Morgan fingerprint density at radius 2 is 2.16 bits per heavy atom. The first kappa shape index (κ1) is 14.8. The largest absolute Gasteiger partial charge is 0.271 e. The minimum Gasteiger partial charge on any atom is -0.271 e. The van der Waals surface area contributed by atoms with E-state index >= 15 is 0 Å². The van der Waals surface area contributed by atoms with Crippen LogP contribution in [0.4, 0.5) is 0 Å². The molecule has 1 fully saturated rings. The van der Waals surface area contributed by atoms with Gasteiger partial charge in [0.05, 0.1) is 11.5 Å². The van der Waals surface area contributed by atoms with Crippen molar-refractivity contribution in [1.29, 1.82) is 0 Å². The van der Waals surface area contributed by atoms with Crippen molar-refractivity contribution in [2.24, 2.45) is 11.8 Å². The quantitative estimate of drug-likeness (QED) is 0.639. The number of nitrogens with two attached hydrogens (primary N) is 1. The summed E-state index contributed by atoms with van der Waals surface area (Å²) in [5, 5.41) is 0.724. The van der Waals surface area contributed by atoms with Gasteiger partial charge in [-0.25, -0.2) is 8.42 Å². The van der Waals surface area contributed by atoms with Crippen molar-refractivity contribution in [2.75, 3.05) is 11.5 Å². The maximum absolute atomic E-state index is 11.5. The van der Waals surface area contributed by atoms with Crippen LogP contribution in [-0.2, 0) is 16.3 Å². The molecule has 0 spiro atoms. The van der Waals surface area contributed by atoms with Crippen LogP contribution in [0.3, 0.4) is 0 Å². The summed E-state index contributed by atoms with van der Waals surface area (Å²) in [5.74, 6) is 6.37. The molecule has 0 aromatic heterocycles. The van der Waals surface area contributed by atoms with Crippen molar-refractivity contribution < 1.29 is 8.42 Å². The summed E-state index contributed by atoms with van der Waals surface area (Å²) in [6.07, 6.45) is 2.22. The zero-order chi connectivity index (χ0) is 13.9. The van der Waals surface area contributed by atoms with Gasteiger partial charge in [-0.2, -0.15) is 0 Å². The van der Waals surface area contributed by atoms with Crippen LogP contribution in [0, 0.1) is 5.92 Å². The summed E-state index contributed by atoms with van der Waals surface area (Å²) in [7, 11) is -2.82. The minimum atomic E-state index is -2.82. The van der Waals surface area contributed by atoms with Crippen LogP contribution in [0.2, 0.25) is 5.02 Å². The van der Waals surface area contributed by atoms with Crippen LogP contribution >= 0.6 is 11.6 Å². The molecule has 0 amide bonds. The van der Waals surface area contributed by atoms with Gasteiger partial charge < -0.3 is 0 Å². The van der Waals surface area contributed by atoms with Gasteiger partial charge in [-0.05, 0) is 36.8 Å². The van der Waals surface area contributed by atoms with Crippen molar-refractivity contribution in [3.05, 3.63) is 34.9 Å². The monoisotopic (exact) mass is 302 g/mol. The van der Waals surface area contributed by atoms with Crippen LogP contribution in [-0.4, -0.2) is 26.0 Å². The Bertz CT molecular complexity index is 533. The van der Waals surface area contributed by atoms with Gasteiger partial charge in [0.1, 0.15) is 0 Å². The second kappa shape index (κ2) is 6.22. The highest BCUT2D eigenvalue weighted by atomic mass is 35.5. The number of benzene rings is 1. The minimum absolute atomic E-state index is 0.0539. The third kappa shape index (κ3) is 4.18. The Labute approximate surface area is 119 Å². The van der Waals surface area contributed by atoms with E-state index in [1.807, 2.05) is 24.3 Å². The number of sulfone groups is 1. The zero-order valence-corrected chi connectivity index (χ0v) is 12.3. The average molecular weight is 303 g/mol. The van der Waals surface area contributed by atoms with Gasteiger partial charge in [-0.3, -0.25) is 11.3 Å². The molecular weight excluding hydrogens is 284 g/mol. The Morgan fingerprint density at radius 1 is 1.42 bits per heavy atom. The number of halogens is 1. The molecule has 19 heavy (non-hydrogen) atoms. The van der Waals surface area contributed by atoms with Gasteiger partial charge in [0.25, 0.3) is 0 Å². The van der Waals surface area contributed by atoms with E-state index in [-0.39, 0.29) is 17.7 Å². The Hall–Kier alpha value is -0.620. The summed E-state index contributed by atoms with van der Waals surface area (Å²) in [5.41, 5.74) is 3.81. The highest BCUT2D eigenvalue weighted by molar-refractivity contribution is 7.91. The molecule has 2 rings (SSSR count). The summed E-state index contributed by atoms with van der Waals surface area (Å²) >= 11 is 6.12. The second-order valence-electron chi connectivity index (χ2n) is 5.16. The summed E-state index contributed by atoms with van der Waals surface area (Å²) < 4.78 is 22.9. The lowest BCUT2D eigenvalue weighted by molar-refractivity contribution is 0.408. The smallest absolute Gasteiger partial charge is 0.150 e. The Kier molecular flexibility index (Phi) is 4.84. The molecule has 1 heterocycles. The molecule has 1 aromatic rings. The van der Waals surface area contributed by atoms with E-state index < -0.39 is 9.84 Å². The predicted molar refractivity (Wildman–Crippen MR) is 77.6 cm³/mol. The van der Waals surface area contributed by atoms with Crippen molar-refractivity contribution in [3.63, 3.8) is 0 Å². The number of rotatable bonds is 5. The van der Waals surface area contributed by atoms with Crippen LogP contribution in [0.15, 0.2) is 24.3 Å². The Morgan fingerprint density at radius 3 is 2.74 bits per heavy atom. The van der Waals surface area contributed by atoms with Crippen molar-refractivity contribution in [2.45, 2.75) is 25.3 Å². The first-order valence-corrected chi connectivity index (χ1v) is 8.60. The summed E-state index contributed by atoms with van der Waals surface area (Å²) in [4.78, 5) is 0. The SMILES string of the molecule is NNC(Cc1ccccc1Cl)CC1CCS(=O)(=O)C1. The fraction of sp³-hybridized carbons (Fsp3) is 0.538. The fourth-order valence-corrected chi connectivity index (χ4v) is 4.69. The third-order valence-electron chi connectivity index (χ3n) is 3.60. The van der Waals surface area contributed by atoms with Gasteiger partial charge >= 0.3 is 0 Å². The molecule has 6 heteroatoms. The first-order chi connectivity index (χ1) is 9.00. The molecule has 3 N–H and O–H groups in total. The molecule has 106 valence electrons. The molecule has 2 unspecified atom stereocenters. The summed E-state index contributed by atoms with van der Waals surface area (Å²) in [6.45, 7) is 0. The van der Waals surface area contributed by atoms with E-state index in [0.29, 0.717) is 12.2 Å². The van der Waals surface area contributed by atoms with Gasteiger partial charge in [-0.1, -0.05) is 29.8 Å². The molecule has 1 aromatic carbocycles.